The Kier molecular flexibility index (Phi) is 4.07. The smallest absolute Gasteiger partial charge is 0.251 e. The summed E-state index contributed by atoms with van der Waals surface area (Å²) in [6.45, 7) is 8.02. The van der Waals surface area contributed by atoms with Crippen LogP contribution in [0.5, 0.6) is 0 Å². The van der Waals surface area contributed by atoms with Crippen molar-refractivity contribution < 1.29 is 8.83 Å². The van der Waals surface area contributed by atoms with Gasteiger partial charge in [0.25, 0.3) is 5.89 Å². The van der Waals surface area contributed by atoms with Gasteiger partial charge in [-0.05, 0) is 45.4 Å². The van der Waals surface area contributed by atoms with E-state index in [0.717, 1.165) is 17.1 Å². The summed E-state index contributed by atoms with van der Waals surface area (Å²) in [6, 6.07) is 8.35. The van der Waals surface area contributed by atoms with E-state index in [0.29, 0.717) is 17.5 Å². The fraction of sp³-hybridized carbons (Fsp3) is 0.294. The molecule has 0 N–H and O–H groups in total. The van der Waals surface area contributed by atoms with E-state index in [-0.39, 0.29) is 0 Å². The normalized spacial score (nSPS) is 11.1. The molecule has 2 heterocycles. The number of nitrogens with zero attached hydrogens (tertiary/aromatic N) is 2. The number of benzene rings is 1. The molecule has 0 aliphatic carbocycles. The molecule has 2 aromatic heterocycles. The number of hydrogen-bond acceptors (Lipinski definition) is 5. The Morgan fingerprint density at radius 3 is 2.50 bits per heavy atom. The van der Waals surface area contributed by atoms with Crippen LogP contribution in [0, 0.1) is 27.7 Å². The maximum Gasteiger partial charge on any atom is 0.251 e. The van der Waals surface area contributed by atoms with Gasteiger partial charge in [-0.1, -0.05) is 17.7 Å². The Bertz CT molecular complexity index is 805. The summed E-state index contributed by atoms with van der Waals surface area (Å²) < 4.78 is 11.2. The molecule has 0 fully saturated rings. The number of thioether (sulfide) groups is 1. The Labute approximate surface area is 133 Å². The lowest BCUT2D eigenvalue weighted by atomic mass is 10.2. The van der Waals surface area contributed by atoms with Gasteiger partial charge >= 0.3 is 0 Å². The standard InChI is InChI=1S/C17H18N2O2S/c1-10-5-6-15(11(2)7-10)22-9-16-18-19-17(21-16)14-8-12(3)20-13(14)4/h5-8H,9H2,1-4H3. The minimum atomic E-state index is 0.519. The van der Waals surface area contributed by atoms with E-state index in [1.54, 1.807) is 11.8 Å². The molecule has 0 bridgehead atoms. The minimum Gasteiger partial charge on any atom is -0.466 e. The first kappa shape index (κ1) is 14.9. The molecule has 114 valence electrons. The van der Waals surface area contributed by atoms with Gasteiger partial charge in [-0.2, -0.15) is 0 Å². The Balaban J connectivity index is 1.73. The highest BCUT2D eigenvalue weighted by Crippen LogP contribution is 2.29. The number of rotatable bonds is 4. The third kappa shape index (κ3) is 3.09. The zero-order chi connectivity index (χ0) is 15.7. The van der Waals surface area contributed by atoms with E-state index in [2.05, 4.69) is 42.2 Å². The lowest BCUT2D eigenvalue weighted by molar-refractivity contribution is 0.499. The van der Waals surface area contributed by atoms with Crippen LogP contribution in [0.15, 0.2) is 38.0 Å². The summed E-state index contributed by atoms with van der Waals surface area (Å²) in [5.74, 6) is 3.45. The summed E-state index contributed by atoms with van der Waals surface area (Å²) in [7, 11) is 0. The van der Waals surface area contributed by atoms with E-state index in [1.807, 2.05) is 19.9 Å². The van der Waals surface area contributed by atoms with Gasteiger partial charge in [0.1, 0.15) is 11.5 Å². The van der Waals surface area contributed by atoms with Gasteiger partial charge in [-0.25, -0.2) is 0 Å². The predicted molar refractivity (Wildman–Crippen MR) is 87.0 cm³/mol. The van der Waals surface area contributed by atoms with Crippen molar-refractivity contribution in [2.24, 2.45) is 0 Å². The minimum absolute atomic E-state index is 0.519. The van der Waals surface area contributed by atoms with Crippen molar-refractivity contribution in [3.63, 3.8) is 0 Å². The Hall–Kier alpha value is -2.01. The van der Waals surface area contributed by atoms with Crippen LogP contribution >= 0.6 is 11.8 Å². The Morgan fingerprint density at radius 1 is 1.00 bits per heavy atom. The quantitative estimate of drug-likeness (QED) is 0.644. The summed E-state index contributed by atoms with van der Waals surface area (Å²) in [5, 5.41) is 8.25. The highest BCUT2D eigenvalue weighted by atomic mass is 32.2. The summed E-state index contributed by atoms with van der Waals surface area (Å²) in [6.07, 6.45) is 0. The van der Waals surface area contributed by atoms with Crippen molar-refractivity contribution in [1.82, 2.24) is 10.2 Å². The average molecular weight is 314 g/mol. The number of aryl methyl sites for hydroxylation is 4. The van der Waals surface area contributed by atoms with Crippen molar-refractivity contribution >= 4 is 11.8 Å². The van der Waals surface area contributed by atoms with E-state index in [1.165, 1.54) is 16.0 Å². The number of aromatic nitrogens is 2. The number of hydrogen-bond donors (Lipinski definition) is 0. The molecule has 3 aromatic rings. The molecule has 0 saturated carbocycles. The molecule has 0 unspecified atom stereocenters. The van der Waals surface area contributed by atoms with Crippen LogP contribution in [-0.4, -0.2) is 10.2 Å². The average Bonchev–Trinajstić information content (AvgIpc) is 3.04. The van der Waals surface area contributed by atoms with E-state index < -0.39 is 0 Å². The van der Waals surface area contributed by atoms with Gasteiger partial charge in [-0.15, -0.1) is 22.0 Å². The van der Waals surface area contributed by atoms with Crippen molar-refractivity contribution in [1.29, 1.82) is 0 Å². The van der Waals surface area contributed by atoms with E-state index in [9.17, 15) is 0 Å². The molecule has 0 atom stereocenters. The highest BCUT2D eigenvalue weighted by Gasteiger charge is 2.14. The highest BCUT2D eigenvalue weighted by molar-refractivity contribution is 7.98. The maximum absolute atomic E-state index is 5.75. The zero-order valence-corrected chi connectivity index (χ0v) is 14.0. The predicted octanol–water partition coefficient (Wildman–Crippen LogP) is 4.86. The third-order valence-corrected chi connectivity index (χ3v) is 4.58. The van der Waals surface area contributed by atoms with Gasteiger partial charge in [0.15, 0.2) is 0 Å². The molecule has 4 nitrogen and oxygen atoms in total. The first-order valence-electron chi connectivity index (χ1n) is 7.13. The molecule has 0 aliphatic rings. The molecule has 0 aliphatic heterocycles. The van der Waals surface area contributed by atoms with Gasteiger partial charge in [0.2, 0.25) is 5.89 Å². The van der Waals surface area contributed by atoms with Crippen LogP contribution in [-0.2, 0) is 5.75 Å². The molecule has 5 heteroatoms. The molecular weight excluding hydrogens is 296 g/mol. The van der Waals surface area contributed by atoms with Crippen molar-refractivity contribution in [3.05, 3.63) is 52.8 Å². The van der Waals surface area contributed by atoms with Gasteiger partial charge in [0, 0.05) is 4.90 Å². The molecular formula is C17H18N2O2S. The van der Waals surface area contributed by atoms with Crippen molar-refractivity contribution in [2.45, 2.75) is 38.3 Å². The molecule has 0 spiro atoms. The largest absolute Gasteiger partial charge is 0.466 e. The maximum atomic E-state index is 5.75. The second-order valence-electron chi connectivity index (χ2n) is 5.39. The van der Waals surface area contributed by atoms with Crippen LogP contribution in [0.2, 0.25) is 0 Å². The lowest BCUT2D eigenvalue weighted by Gasteiger charge is -2.04. The summed E-state index contributed by atoms with van der Waals surface area (Å²) in [4.78, 5) is 1.24. The molecule has 0 saturated heterocycles. The van der Waals surface area contributed by atoms with Crippen LogP contribution in [0.25, 0.3) is 11.5 Å². The fourth-order valence-electron chi connectivity index (χ4n) is 2.36. The molecule has 0 amide bonds. The molecule has 0 radical (unpaired) electrons. The lowest BCUT2D eigenvalue weighted by Crippen LogP contribution is -1.84. The van der Waals surface area contributed by atoms with Crippen LogP contribution < -0.4 is 0 Å². The summed E-state index contributed by atoms with van der Waals surface area (Å²) >= 11 is 1.71. The second-order valence-corrected chi connectivity index (χ2v) is 6.40. The van der Waals surface area contributed by atoms with Gasteiger partial charge in [-0.3, -0.25) is 0 Å². The summed E-state index contributed by atoms with van der Waals surface area (Å²) in [5.41, 5.74) is 3.41. The van der Waals surface area contributed by atoms with Crippen LogP contribution in [0.1, 0.15) is 28.5 Å². The first-order chi connectivity index (χ1) is 10.5. The topological polar surface area (TPSA) is 52.1 Å². The Morgan fingerprint density at radius 2 is 1.82 bits per heavy atom. The van der Waals surface area contributed by atoms with Crippen molar-refractivity contribution in [3.8, 4) is 11.5 Å². The van der Waals surface area contributed by atoms with E-state index in [4.69, 9.17) is 8.83 Å². The molecule has 22 heavy (non-hydrogen) atoms. The SMILES string of the molecule is Cc1ccc(SCc2nnc(-c3cc(C)oc3C)o2)c(C)c1. The fourth-order valence-corrected chi connectivity index (χ4v) is 3.21. The van der Waals surface area contributed by atoms with E-state index >= 15 is 0 Å². The van der Waals surface area contributed by atoms with Crippen LogP contribution in [0.4, 0.5) is 0 Å². The first-order valence-corrected chi connectivity index (χ1v) is 8.11. The molecule has 3 rings (SSSR count). The van der Waals surface area contributed by atoms with Gasteiger partial charge in [0.05, 0.1) is 11.3 Å². The van der Waals surface area contributed by atoms with Crippen LogP contribution in [0.3, 0.4) is 0 Å². The third-order valence-electron chi connectivity index (χ3n) is 3.42. The molecule has 1 aromatic carbocycles. The van der Waals surface area contributed by atoms with Crippen molar-refractivity contribution in [2.75, 3.05) is 0 Å². The second kappa shape index (κ2) is 6.01. The zero-order valence-electron chi connectivity index (χ0n) is 13.1. The van der Waals surface area contributed by atoms with Gasteiger partial charge < -0.3 is 8.83 Å². The number of furan rings is 1. The monoisotopic (exact) mass is 314 g/mol.